The molecule has 0 spiro atoms. The molecule has 4 rings (SSSR count). The number of thiazole rings is 2. The second kappa shape index (κ2) is 6.12. The van der Waals surface area contributed by atoms with Crippen LogP contribution in [0.4, 0.5) is 0 Å². The lowest BCUT2D eigenvalue weighted by Crippen LogP contribution is -2.38. The van der Waals surface area contributed by atoms with E-state index < -0.39 is 0 Å². The zero-order valence-electron chi connectivity index (χ0n) is 12.6. The van der Waals surface area contributed by atoms with Crippen molar-refractivity contribution in [3.05, 3.63) is 49.8 Å². The normalized spacial score (nSPS) is 19.4. The van der Waals surface area contributed by atoms with Crippen LogP contribution in [-0.4, -0.2) is 39.0 Å². The van der Waals surface area contributed by atoms with Gasteiger partial charge in [-0.05, 0) is 6.92 Å². The van der Waals surface area contributed by atoms with E-state index in [9.17, 15) is 4.79 Å². The van der Waals surface area contributed by atoms with Crippen molar-refractivity contribution in [3.8, 4) is 0 Å². The summed E-state index contributed by atoms with van der Waals surface area (Å²) >= 11 is 3.12. The maximum absolute atomic E-state index is 12.1. The summed E-state index contributed by atoms with van der Waals surface area (Å²) in [6.45, 7) is 4.94. The minimum atomic E-state index is -0.0217. The van der Waals surface area contributed by atoms with Gasteiger partial charge in [0.25, 0.3) is 5.56 Å². The first-order valence-electron chi connectivity index (χ1n) is 7.41. The van der Waals surface area contributed by atoms with E-state index in [1.807, 2.05) is 17.7 Å². The van der Waals surface area contributed by atoms with Gasteiger partial charge in [-0.2, -0.15) is 0 Å². The topological polar surface area (TPSA) is 59.7 Å². The van der Waals surface area contributed by atoms with Crippen LogP contribution in [0, 0.1) is 6.92 Å². The van der Waals surface area contributed by atoms with Gasteiger partial charge < -0.3 is 4.74 Å². The Balaban J connectivity index is 1.52. The number of hydrogen-bond acceptors (Lipinski definition) is 7. The fraction of sp³-hybridized carbons (Fsp3) is 0.400. The molecule has 0 radical (unpaired) electrons. The van der Waals surface area contributed by atoms with Crippen LogP contribution in [0.1, 0.15) is 22.5 Å². The Morgan fingerprint density at radius 3 is 3.13 bits per heavy atom. The van der Waals surface area contributed by atoms with Crippen LogP contribution in [0.5, 0.6) is 0 Å². The highest BCUT2D eigenvalue weighted by atomic mass is 32.1. The Morgan fingerprint density at radius 2 is 2.30 bits per heavy atom. The average molecular weight is 348 g/mol. The fourth-order valence-corrected chi connectivity index (χ4v) is 4.29. The van der Waals surface area contributed by atoms with Gasteiger partial charge in [-0.3, -0.25) is 14.1 Å². The first kappa shape index (κ1) is 14.9. The molecule has 0 unspecified atom stereocenters. The molecule has 1 aliphatic rings. The summed E-state index contributed by atoms with van der Waals surface area (Å²) < 4.78 is 7.43. The van der Waals surface area contributed by atoms with Crippen molar-refractivity contribution in [2.24, 2.45) is 0 Å². The Bertz CT molecular complexity index is 885. The number of aromatic nitrogens is 3. The first-order chi connectivity index (χ1) is 11.2. The van der Waals surface area contributed by atoms with Gasteiger partial charge in [0.15, 0.2) is 4.96 Å². The highest BCUT2D eigenvalue weighted by Gasteiger charge is 2.24. The van der Waals surface area contributed by atoms with Crippen LogP contribution >= 0.6 is 22.7 Å². The average Bonchev–Trinajstić information content (AvgIpc) is 3.16. The minimum absolute atomic E-state index is 0.00835. The van der Waals surface area contributed by atoms with E-state index in [1.165, 1.54) is 11.3 Å². The van der Waals surface area contributed by atoms with Crippen molar-refractivity contribution in [3.63, 3.8) is 0 Å². The second-order valence-electron chi connectivity index (χ2n) is 5.56. The second-order valence-corrected chi connectivity index (χ2v) is 7.33. The molecule has 0 amide bonds. The molecule has 8 heteroatoms. The quantitative estimate of drug-likeness (QED) is 0.725. The third kappa shape index (κ3) is 3.07. The number of hydrogen-bond donors (Lipinski definition) is 0. The van der Waals surface area contributed by atoms with Crippen molar-refractivity contribution in [2.45, 2.75) is 19.6 Å². The SMILES string of the molecule is Cc1csc([C@@H]2CN(Cc3cc(=O)n4ccsc4n3)CCO2)n1. The predicted octanol–water partition coefficient (Wildman–Crippen LogP) is 2.09. The zero-order valence-corrected chi connectivity index (χ0v) is 14.3. The van der Waals surface area contributed by atoms with E-state index in [0.717, 1.165) is 34.4 Å². The molecule has 0 N–H and O–H groups in total. The van der Waals surface area contributed by atoms with Crippen molar-refractivity contribution in [1.29, 1.82) is 0 Å². The van der Waals surface area contributed by atoms with Crippen molar-refractivity contribution >= 4 is 27.6 Å². The lowest BCUT2D eigenvalue weighted by molar-refractivity contribution is -0.0333. The molecule has 4 heterocycles. The summed E-state index contributed by atoms with van der Waals surface area (Å²) in [6.07, 6.45) is 1.77. The number of morpholine rings is 1. The molecule has 120 valence electrons. The summed E-state index contributed by atoms with van der Waals surface area (Å²) in [5, 5.41) is 4.95. The van der Waals surface area contributed by atoms with Gasteiger partial charge in [0.2, 0.25) is 0 Å². The Morgan fingerprint density at radius 1 is 1.39 bits per heavy atom. The van der Waals surface area contributed by atoms with E-state index in [2.05, 4.69) is 14.9 Å². The molecule has 0 aromatic carbocycles. The number of aryl methyl sites for hydroxylation is 1. The third-order valence-electron chi connectivity index (χ3n) is 3.80. The smallest absolute Gasteiger partial charge is 0.258 e. The van der Waals surface area contributed by atoms with E-state index in [1.54, 1.807) is 28.0 Å². The van der Waals surface area contributed by atoms with E-state index in [-0.39, 0.29) is 11.7 Å². The van der Waals surface area contributed by atoms with Gasteiger partial charge in [0.1, 0.15) is 11.1 Å². The summed E-state index contributed by atoms with van der Waals surface area (Å²) in [4.78, 5) is 24.2. The molecule has 1 fully saturated rings. The van der Waals surface area contributed by atoms with E-state index >= 15 is 0 Å². The summed E-state index contributed by atoms with van der Waals surface area (Å²) in [7, 11) is 0. The monoisotopic (exact) mass is 348 g/mol. The fourth-order valence-electron chi connectivity index (χ4n) is 2.71. The van der Waals surface area contributed by atoms with Crippen LogP contribution in [0.25, 0.3) is 4.96 Å². The number of fused-ring (bicyclic) bond motifs is 1. The van der Waals surface area contributed by atoms with Crippen LogP contribution in [0.3, 0.4) is 0 Å². The summed E-state index contributed by atoms with van der Waals surface area (Å²) in [5.74, 6) is 0. The molecule has 0 saturated carbocycles. The van der Waals surface area contributed by atoms with Crippen molar-refractivity contribution in [1.82, 2.24) is 19.3 Å². The van der Waals surface area contributed by atoms with Crippen molar-refractivity contribution < 1.29 is 4.74 Å². The first-order valence-corrected chi connectivity index (χ1v) is 9.17. The lowest BCUT2D eigenvalue weighted by atomic mass is 10.2. The van der Waals surface area contributed by atoms with E-state index in [4.69, 9.17) is 4.74 Å². The van der Waals surface area contributed by atoms with Gasteiger partial charge >= 0.3 is 0 Å². The Hall–Kier alpha value is -1.61. The molecule has 0 bridgehead atoms. The van der Waals surface area contributed by atoms with Crippen LogP contribution < -0.4 is 5.56 Å². The molecule has 6 nitrogen and oxygen atoms in total. The molecule has 1 aliphatic heterocycles. The maximum Gasteiger partial charge on any atom is 0.258 e. The summed E-state index contributed by atoms with van der Waals surface area (Å²) in [6, 6.07) is 1.62. The number of ether oxygens (including phenoxy) is 1. The van der Waals surface area contributed by atoms with Crippen LogP contribution in [0.15, 0.2) is 27.8 Å². The largest absolute Gasteiger partial charge is 0.368 e. The molecule has 0 aliphatic carbocycles. The van der Waals surface area contributed by atoms with E-state index in [0.29, 0.717) is 13.2 Å². The summed E-state index contributed by atoms with van der Waals surface area (Å²) in [5.41, 5.74) is 1.82. The van der Waals surface area contributed by atoms with Gasteiger partial charge in [-0.1, -0.05) is 0 Å². The number of rotatable bonds is 3. The molecule has 23 heavy (non-hydrogen) atoms. The predicted molar refractivity (Wildman–Crippen MR) is 90.2 cm³/mol. The van der Waals surface area contributed by atoms with Gasteiger partial charge in [-0.25, -0.2) is 9.97 Å². The zero-order chi connectivity index (χ0) is 15.8. The molecular weight excluding hydrogens is 332 g/mol. The molecule has 1 saturated heterocycles. The van der Waals surface area contributed by atoms with Gasteiger partial charge in [0.05, 0.1) is 12.3 Å². The number of nitrogens with zero attached hydrogens (tertiary/aromatic N) is 4. The highest BCUT2D eigenvalue weighted by Crippen LogP contribution is 2.25. The van der Waals surface area contributed by atoms with Crippen molar-refractivity contribution in [2.75, 3.05) is 19.7 Å². The molecule has 1 atom stereocenters. The lowest BCUT2D eigenvalue weighted by Gasteiger charge is -2.31. The molecule has 3 aromatic rings. The standard InChI is InChI=1S/C15H16N4O2S2/c1-10-9-23-14(16-10)12-8-18(2-4-21-12)7-11-6-13(20)19-3-5-22-15(19)17-11/h3,5-6,9,12H,2,4,7-8H2,1H3/t12-/m0/s1. The Labute approximate surface area is 141 Å². The van der Waals surface area contributed by atoms with Gasteiger partial charge in [0, 0.05) is 48.4 Å². The minimum Gasteiger partial charge on any atom is -0.368 e. The maximum atomic E-state index is 12.1. The van der Waals surface area contributed by atoms with Crippen LogP contribution in [-0.2, 0) is 11.3 Å². The van der Waals surface area contributed by atoms with Gasteiger partial charge in [-0.15, -0.1) is 22.7 Å². The Kier molecular flexibility index (Phi) is 3.98. The third-order valence-corrected chi connectivity index (χ3v) is 5.62. The molecule has 3 aromatic heterocycles. The highest BCUT2D eigenvalue weighted by molar-refractivity contribution is 7.15. The molecular formula is C15H16N4O2S2. The van der Waals surface area contributed by atoms with Crippen LogP contribution in [0.2, 0.25) is 0 Å².